The van der Waals surface area contributed by atoms with E-state index in [0.29, 0.717) is 0 Å². The van der Waals surface area contributed by atoms with Crippen molar-refractivity contribution in [1.29, 1.82) is 0 Å². The molecule has 0 bridgehead atoms. The Morgan fingerprint density at radius 1 is 1.37 bits per heavy atom. The van der Waals surface area contributed by atoms with Gasteiger partial charge in [-0.05, 0) is 42.8 Å². The molecule has 1 aromatic carbocycles. The molecule has 1 aromatic heterocycles. The molecule has 2 nitrogen and oxygen atoms in total. The van der Waals surface area contributed by atoms with Gasteiger partial charge in [0.15, 0.2) is 0 Å². The second-order valence-electron chi connectivity index (χ2n) is 4.84. The molecule has 0 spiro atoms. The first-order chi connectivity index (χ1) is 9.20. The Bertz CT molecular complexity index is 581. The number of halogens is 1. The maximum atomic E-state index is 5.93. The molecule has 1 aliphatic heterocycles. The molecule has 1 unspecified atom stereocenters. The third kappa shape index (κ3) is 3.19. The van der Waals surface area contributed by atoms with Gasteiger partial charge >= 0.3 is 0 Å². The molecule has 0 saturated carbocycles. The average Bonchev–Trinajstić information content (AvgIpc) is 2.95. The Labute approximate surface area is 125 Å². The van der Waals surface area contributed by atoms with Crippen LogP contribution >= 0.6 is 27.3 Å². The first-order valence-electron chi connectivity index (χ1n) is 6.42. The van der Waals surface area contributed by atoms with E-state index in [4.69, 9.17) is 4.74 Å². The van der Waals surface area contributed by atoms with E-state index in [0.717, 1.165) is 29.7 Å². The minimum absolute atomic E-state index is 0.255. The standard InChI is InChI=1S/C15H16BrNOS/c1-10-2-4-14(19-10)9-17-8-13-7-11-6-12(16)3-5-15(11)18-13/h2-6,13,17H,7-9H2,1H3. The van der Waals surface area contributed by atoms with E-state index < -0.39 is 0 Å². The van der Waals surface area contributed by atoms with Gasteiger partial charge in [-0.1, -0.05) is 15.9 Å². The number of thiophene rings is 1. The minimum atomic E-state index is 0.255. The predicted molar refractivity (Wildman–Crippen MR) is 83.0 cm³/mol. The molecular formula is C15H16BrNOS. The monoisotopic (exact) mass is 337 g/mol. The highest BCUT2D eigenvalue weighted by Gasteiger charge is 2.22. The predicted octanol–water partition coefficient (Wildman–Crippen LogP) is 3.91. The number of rotatable bonds is 4. The highest BCUT2D eigenvalue weighted by Crippen LogP contribution is 2.31. The molecule has 0 fully saturated rings. The van der Waals surface area contributed by atoms with Crippen molar-refractivity contribution in [3.8, 4) is 5.75 Å². The Hall–Kier alpha value is -0.840. The summed E-state index contributed by atoms with van der Waals surface area (Å²) in [5.41, 5.74) is 1.30. The summed E-state index contributed by atoms with van der Waals surface area (Å²) in [6, 6.07) is 10.6. The van der Waals surface area contributed by atoms with E-state index in [1.807, 2.05) is 23.5 Å². The molecule has 4 heteroatoms. The number of aryl methyl sites for hydroxylation is 1. The summed E-state index contributed by atoms with van der Waals surface area (Å²) in [5, 5.41) is 3.48. The molecule has 3 rings (SSSR count). The topological polar surface area (TPSA) is 21.3 Å². The Balaban J connectivity index is 1.51. The van der Waals surface area contributed by atoms with Crippen LogP contribution < -0.4 is 10.1 Å². The first kappa shape index (κ1) is 13.2. The van der Waals surface area contributed by atoms with Gasteiger partial charge in [-0.25, -0.2) is 0 Å². The molecule has 0 amide bonds. The molecule has 1 aliphatic rings. The molecular weight excluding hydrogens is 322 g/mol. The zero-order valence-electron chi connectivity index (χ0n) is 10.8. The van der Waals surface area contributed by atoms with Crippen molar-refractivity contribution in [2.24, 2.45) is 0 Å². The largest absolute Gasteiger partial charge is 0.488 e. The zero-order chi connectivity index (χ0) is 13.2. The van der Waals surface area contributed by atoms with Gasteiger partial charge in [-0.15, -0.1) is 11.3 Å². The number of fused-ring (bicyclic) bond motifs is 1. The molecule has 0 radical (unpaired) electrons. The lowest BCUT2D eigenvalue weighted by Crippen LogP contribution is -2.29. The van der Waals surface area contributed by atoms with Crippen molar-refractivity contribution >= 4 is 27.3 Å². The fourth-order valence-electron chi connectivity index (χ4n) is 2.34. The van der Waals surface area contributed by atoms with Crippen LogP contribution in [0.15, 0.2) is 34.8 Å². The van der Waals surface area contributed by atoms with Gasteiger partial charge in [-0.2, -0.15) is 0 Å². The van der Waals surface area contributed by atoms with Crippen molar-refractivity contribution in [2.45, 2.75) is 26.0 Å². The lowest BCUT2D eigenvalue weighted by molar-refractivity contribution is 0.227. The lowest BCUT2D eigenvalue weighted by atomic mass is 10.1. The Kier molecular flexibility index (Phi) is 3.91. The summed E-state index contributed by atoms with van der Waals surface area (Å²) in [6.07, 6.45) is 1.25. The van der Waals surface area contributed by atoms with Crippen LogP contribution in [0.4, 0.5) is 0 Å². The van der Waals surface area contributed by atoms with Gasteiger partial charge in [0.2, 0.25) is 0 Å². The zero-order valence-corrected chi connectivity index (χ0v) is 13.2. The quantitative estimate of drug-likeness (QED) is 0.913. The van der Waals surface area contributed by atoms with Gasteiger partial charge in [0, 0.05) is 33.7 Å². The smallest absolute Gasteiger partial charge is 0.123 e. The normalized spacial score (nSPS) is 17.3. The first-order valence-corrected chi connectivity index (χ1v) is 8.03. The van der Waals surface area contributed by atoms with Crippen molar-refractivity contribution < 1.29 is 4.74 Å². The lowest BCUT2D eigenvalue weighted by Gasteiger charge is -2.11. The van der Waals surface area contributed by atoms with Gasteiger partial charge in [0.05, 0.1) is 0 Å². The maximum absolute atomic E-state index is 5.93. The number of nitrogens with one attached hydrogen (secondary N) is 1. The van der Waals surface area contributed by atoms with Crippen LogP contribution in [0.5, 0.6) is 5.75 Å². The summed E-state index contributed by atoms with van der Waals surface area (Å²) in [5.74, 6) is 1.03. The van der Waals surface area contributed by atoms with E-state index in [-0.39, 0.29) is 6.10 Å². The average molecular weight is 338 g/mol. The summed E-state index contributed by atoms with van der Waals surface area (Å²) >= 11 is 5.35. The van der Waals surface area contributed by atoms with Crippen LogP contribution in [0.25, 0.3) is 0 Å². The minimum Gasteiger partial charge on any atom is -0.488 e. The fourth-order valence-corrected chi connectivity index (χ4v) is 3.61. The molecule has 19 heavy (non-hydrogen) atoms. The van der Waals surface area contributed by atoms with Gasteiger partial charge in [0.1, 0.15) is 11.9 Å². The van der Waals surface area contributed by atoms with Crippen LogP contribution in [0, 0.1) is 6.92 Å². The van der Waals surface area contributed by atoms with Crippen LogP contribution in [0.1, 0.15) is 15.3 Å². The Morgan fingerprint density at radius 3 is 3.05 bits per heavy atom. The van der Waals surface area contributed by atoms with Gasteiger partial charge in [0.25, 0.3) is 0 Å². The number of benzene rings is 1. The summed E-state index contributed by atoms with van der Waals surface area (Å²) in [7, 11) is 0. The molecule has 2 aromatic rings. The van der Waals surface area contributed by atoms with Crippen molar-refractivity contribution in [2.75, 3.05) is 6.54 Å². The molecule has 100 valence electrons. The highest BCUT2D eigenvalue weighted by atomic mass is 79.9. The molecule has 1 atom stereocenters. The second-order valence-corrected chi connectivity index (χ2v) is 7.13. The van der Waals surface area contributed by atoms with Crippen LogP contribution in [-0.2, 0) is 13.0 Å². The number of hydrogen-bond donors (Lipinski definition) is 1. The summed E-state index contributed by atoms with van der Waals surface area (Å²) in [4.78, 5) is 2.75. The third-order valence-corrected chi connectivity index (χ3v) is 4.72. The van der Waals surface area contributed by atoms with Crippen molar-refractivity contribution in [3.05, 3.63) is 50.1 Å². The Morgan fingerprint density at radius 2 is 2.26 bits per heavy atom. The fraction of sp³-hybridized carbons (Fsp3) is 0.333. The van der Waals surface area contributed by atoms with Crippen LogP contribution in [0.2, 0.25) is 0 Å². The highest BCUT2D eigenvalue weighted by molar-refractivity contribution is 9.10. The second kappa shape index (κ2) is 5.65. The summed E-state index contributed by atoms with van der Waals surface area (Å²) < 4.78 is 7.05. The van der Waals surface area contributed by atoms with E-state index in [9.17, 15) is 0 Å². The van der Waals surface area contributed by atoms with Gasteiger partial charge < -0.3 is 10.1 Å². The van der Waals surface area contributed by atoms with Crippen LogP contribution in [0.3, 0.4) is 0 Å². The van der Waals surface area contributed by atoms with E-state index in [1.165, 1.54) is 15.3 Å². The SMILES string of the molecule is Cc1ccc(CNCC2Cc3cc(Br)ccc3O2)s1. The summed E-state index contributed by atoms with van der Waals surface area (Å²) in [6.45, 7) is 3.96. The molecule has 0 saturated heterocycles. The number of hydrogen-bond acceptors (Lipinski definition) is 3. The molecule has 1 N–H and O–H groups in total. The van der Waals surface area contributed by atoms with E-state index in [2.05, 4.69) is 46.4 Å². The maximum Gasteiger partial charge on any atom is 0.123 e. The van der Waals surface area contributed by atoms with Crippen molar-refractivity contribution in [3.63, 3.8) is 0 Å². The van der Waals surface area contributed by atoms with E-state index in [1.54, 1.807) is 0 Å². The number of ether oxygens (including phenoxy) is 1. The van der Waals surface area contributed by atoms with E-state index >= 15 is 0 Å². The van der Waals surface area contributed by atoms with Crippen molar-refractivity contribution in [1.82, 2.24) is 5.32 Å². The molecule has 0 aliphatic carbocycles. The van der Waals surface area contributed by atoms with Crippen LogP contribution in [-0.4, -0.2) is 12.6 Å². The third-order valence-electron chi connectivity index (χ3n) is 3.23. The van der Waals surface area contributed by atoms with Gasteiger partial charge in [-0.3, -0.25) is 0 Å². The molecule has 2 heterocycles.